The van der Waals surface area contributed by atoms with Crippen molar-refractivity contribution in [3.8, 4) is 0 Å². The largest absolute Gasteiger partial charge is 0.464 e. The molecule has 0 unspecified atom stereocenters. The average molecular weight is 370 g/mol. The van der Waals surface area contributed by atoms with E-state index in [2.05, 4.69) is 12.2 Å². The lowest BCUT2D eigenvalue weighted by molar-refractivity contribution is -0.115. The van der Waals surface area contributed by atoms with Gasteiger partial charge in [0.15, 0.2) is 0 Å². The Bertz CT molecular complexity index is 876. The minimum Gasteiger partial charge on any atom is -0.464 e. The van der Waals surface area contributed by atoms with E-state index in [4.69, 9.17) is 4.42 Å². The molecule has 1 aliphatic carbocycles. The van der Waals surface area contributed by atoms with Gasteiger partial charge in [0.2, 0.25) is 5.91 Å². The number of carbonyl (C=O) groups is 2. The van der Waals surface area contributed by atoms with Gasteiger partial charge in [-0.3, -0.25) is 9.59 Å². The fourth-order valence-corrected chi connectivity index (χ4v) is 4.20. The summed E-state index contributed by atoms with van der Waals surface area (Å²) in [5, 5.41) is 2.75. The molecule has 6 heteroatoms. The summed E-state index contributed by atoms with van der Waals surface area (Å²) in [6, 6.07) is 9.44. The SMILES string of the molecule is C[C@@H]1Sc2ccc(C(=O)N(C)Cc3ccc([C@@H]4C[C@H]4C)o3)cc2NC1=O. The zero-order valence-electron chi connectivity index (χ0n) is 15.1. The van der Waals surface area contributed by atoms with Crippen LogP contribution in [0.4, 0.5) is 5.69 Å². The van der Waals surface area contributed by atoms with Crippen LogP contribution in [0.1, 0.15) is 48.1 Å². The molecule has 3 atom stereocenters. The number of nitrogens with one attached hydrogen (secondary N) is 1. The van der Waals surface area contributed by atoms with Crippen molar-refractivity contribution in [1.82, 2.24) is 4.90 Å². The van der Waals surface area contributed by atoms with E-state index in [0.29, 0.717) is 29.6 Å². The molecule has 2 heterocycles. The molecule has 0 spiro atoms. The maximum absolute atomic E-state index is 12.8. The predicted molar refractivity (Wildman–Crippen MR) is 101 cm³/mol. The Morgan fingerprint density at radius 2 is 2.08 bits per heavy atom. The zero-order valence-corrected chi connectivity index (χ0v) is 15.9. The molecular formula is C20H22N2O3S. The Kier molecular flexibility index (Phi) is 4.31. The summed E-state index contributed by atoms with van der Waals surface area (Å²) in [6.07, 6.45) is 1.18. The molecule has 0 bridgehead atoms. The van der Waals surface area contributed by atoms with Gasteiger partial charge in [0.1, 0.15) is 11.5 Å². The maximum Gasteiger partial charge on any atom is 0.254 e. The summed E-state index contributed by atoms with van der Waals surface area (Å²) in [6.45, 7) is 4.52. The number of fused-ring (bicyclic) bond motifs is 1. The van der Waals surface area contributed by atoms with E-state index in [0.717, 1.165) is 16.4 Å². The molecular weight excluding hydrogens is 348 g/mol. The van der Waals surface area contributed by atoms with Crippen molar-refractivity contribution in [3.05, 3.63) is 47.4 Å². The summed E-state index contributed by atoms with van der Waals surface area (Å²) in [7, 11) is 1.76. The van der Waals surface area contributed by atoms with E-state index >= 15 is 0 Å². The third kappa shape index (κ3) is 3.26. The van der Waals surface area contributed by atoms with Crippen molar-refractivity contribution < 1.29 is 14.0 Å². The van der Waals surface area contributed by atoms with Crippen LogP contribution in [0.3, 0.4) is 0 Å². The van der Waals surface area contributed by atoms with E-state index in [1.54, 1.807) is 18.0 Å². The number of hydrogen-bond donors (Lipinski definition) is 1. The van der Waals surface area contributed by atoms with Gasteiger partial charge >= 0.3 is 0 Å². The van der Waals surface area contributed by atoms with Gasteiger partial charge in [-0.05, 0) is 49.6 Å². The van der Waals surface area contributed by atoms with E-state index < -0.39 is 0 Å². The summed E-state index contributed by atoms with van der Waals surface area (Å²) in [5.41, 5.74) is 1.27. The second-order valence-corrected chi connectivity index (χ2v) is 8.63. The number of benzene rings is 1. The molecule has 1 saturated carbocycles. The van der Waals surface area contributed by atoms with Gasteiger partial charge < -0.3 is 14.6 Å². The number of anilines is 1. The Labute approximate surface area is 157 Å². The van der Waals surface area contributed by atoms with E-state index in [9.17, 15) is 9.59 Å². The molecule has 1 aromatic carbocycles. The lowest BCUT2D eigenvalue weighted by Gasteiger charge is -2.22. The van der Waals surface area contributed by atoms with Crippen molar-refractivity contribution in [2.45, 2.75) is 42.9 Å². The first-order valence-electron chi connectivity index (χ1n) is 8.88. The fraction of sp³-hybridized carbons (Fsp3) is 0.400. The highest BCUT2D eigenvalue weighted by molar-refractivity contribution is 8.00. The standard InChI is InChI=1S/C20H22N2O3S/c1-11-8-15(11)17-6-5-14(25-17)10-22(3)20(24)13-4-7-18-16(9-13)21-19(23)12(2)26-18/h4-7,9,11-12,15H,8,10H2,1-3H3,(H,21,23)/t11-,12+,15-/m1/s1. The molecule has 0 radical (unpaired) electrons. The quantitative estimate of drug-likeness (QED) is 0.880. The van der Waals surface area contributed by atoms with Crippen LogP contribution in [0.25, 0.3) is 0 Å². The predicted octanol–water partition coefficient (Wildman–Crippen LogP) is 4.11. The Morgan fingerprint density at radius 3 is 2.81 bits per heavy atom. The number of nitrogens with zero attached hydrogens (tertiary/aromatic N) is 1. The number of amides is 2. The highest BCUT2D eigenvalue weighted by Crippen LogP contribution is 2.47. The monoisotopic (exact) mass is 370 g/mol. The number of furan rings is 1. The molecule has 1 aliphatic heterocycles. The molecule has 2 aromatic rings. The first kappa shape index (κ1) is 17.2. The second-order valence-electron chi connectivity index (χ2n) is 7.25. The van der Waals surface area contributed by atoms with Gasteiger partial charge in [0.05, 0.1) is 17.5 Å². The van der Waals surface area contributed by atoms with Crippen LogP contribution in [0.5, 0.6) is 0 Å². The fourth-order valence-electron chi connectivity index (χ4n) is 3.27. The van der Waals surface area contributed by atoms with E-state index in [1.807, 2.05) is 31.2 Å². The van der Waals surface area contributed by atoms with Crippen molar-refractivity contribution in [2.75, 3.05) is 12.4 Å². The van der Waals surface area contributed by atoms with Crippen molar-refractivity contribution in [2.24, 2.45) is 5.92 Å². The highest BCUT2D eigenvalue weighted by Gasteiger charge is 2.36. The maximum atomic E-state index is 12.8. The minimum atomic E-state index is -0.117. The molecule has 26 heavy (non-hydrogen) atoms. The summed E-state index contributed by atoms with van der Waals surface area (Å²) < 4.78 is 5.90. The van der Waals surface area contributed by atoms with E-state index in [-0.39, 0.29) is 17.1 Å². The van der Waals surface area contributed by atoms with Gasteiger partial charge in [-0.15, -0.1) is 11.8 Å². The lowest BCUT2D eigenvalue weighted by atomic mass is 10.1. The van der Waals surface area contributed by atoms with Crippen LogP contribution in [-0.2, 0) is 11.3 Å². The molecule has 2 amide bonds. The normalized spacial score (nSPS) is 24.0. The first-order chi connectivity index (χ1) is 12.4. The number of hydrogen-bond acceptors (Lipinski definition) is 4. The van der Waals surface area contributed by atoms with Gasteiger partial charge in [-0.25, -0.2) is 0 Å². The molecule has 136 valence electrons. The second kappa shape index (κ2) is 6.50. The van der Waals surface area contributed by atoms with Crippen LogP contribution in [0.15, 0.2) is 39.6 Å². The smallest absolute Gasteiger partial charge is 0.254 e. The summed E-state index contributed by atoms with van der Waals surface area (Å²) in [5.74, 6) is 2.93. The Morgan fingerprint density at radius 1 is 1.31 bits per heavy atom. The molecule has 5 nitrogen and oxygen atoms in total. The third-order valence-electron chi connectivity index (χ3n) is 5.05. The Balaban J connectivity index is 1.46. The van der Waals surface area contributed by atoms with Crippen LogP contribution < -0.4 is 5.32 Å². The molecule has 4 rings (SSSR count). The number of carbonyl (C=O) groups excluding carboxylic acids is 2. The minimum absolute atomic E-state index is 0.0297. The van der Waals surface area contributed by atoms with E-state index in [1.165, 1.54) is 18.2 Å². The lowest BCUT2D eigenvalue weighted by Crippen LogP contribution is -2.28. The van der Waals surface area contributed by atoms with Crippen molar-refractivity contribution >= 4 is 29.3 Å². The van der Waals surface area contributed by atoms with Gasteiger partial charge in [0, 0.05) is 23.4 Å². The van der Waals surface area contributed by atoms with Gasteiger partial charge in [-0.1, -0.05) is 6.92 Å². The topological polar surface area (TPSA) is 62.6 Å². The van der Waals surface area contributed by atoms with Crippen LogP contribution >= 0.6 is 11.8 Å². The highest BCUT2D eigenvalue weighted by atomic mass is 32.2. The third-order valence-corrected chi connectivity index (χ3v) is 6.23. The average Bonchev–Trinajstić information content (AvgIpc) is 3.16. The molecule has 1 aromatic heterocycles. The molecule has 0 saturated heterocycles. The van der Waals surface area contributed by atoms with Gasteiger partial charge in [-0.2, -0.15) is 0 Å². The number of rotatable bonds is 4. The summed E-state index contributed by atoms with van der Waals surface area (Å²) in [4.78, 5) is 27.2. The van der Waals surface area contributed by atoms with Gasteiger partial charge in [0.25, 0.3) is 5.91 Å². The summed E-state index contributed by atoms with van der Waals surface area (Å²) >= 11 is 1.51. The first-order valence-corrected chi connectivity index (χ1v) is 9.76. The van der Waals surface area contributed by atoms with Crippen LogP contribution in [0.2, 0.25) is 0 Å². The zero-order chi connectivity index (χ0) is 18.4. The van der Waals surface area contributed by atoms with Crippen molar-refractivity contribution in [1.29, 1.82) is 0 Å². The Hall–Kier alpha value is -2.21. The number of thioether (sulfide) groups is 1. The van der Waals surface area contributed by atoms with Crippen LogP contribution in [0, 0.1) is 5.92 Å². The van der Waals surface area contributed by atoms with Crippen molar-refractivity contribution in [3.63, 3.8) is 0 Å². The molecule has 1 fully saturated rings. The van der Waals surface area contributed by atoms with Crippen LogP contribution in [-0.4, -0.2) is 29.0 Å². The molecule has 2 aliphatic rings. The molecule has 1 N–H and O–H groups in total.